The predicted molar refractivity (Wildman–Crippen MR) is 106 cm³/mol. The van der Waals surface area contributed by atoms with Crippen LogP contribution in [0.5, 0.6) is 17.2 Å². The molecule has 8 nitrogen and oxygen atoms in total. The molecule has 1 aliphatic heterocycles. The molecular formula is C19H22N2O6S. The molecule has 9 heteroatoms. The van der Waals surface area contributed by atoms with Gasteiger partial charge in [-0.1, -0.05) is 0 Å². The SMILES string of the molecule is CC(C)Oc1ccc(NC(=O)CN(c2ccc3c(c2)OCO3)S(C)(=O)=O)cc1. The van der Waals surface area contributed by atoms with Crippen LogP contribution in [0.3, 0.4) is 0 Å². The minimum atomic E-state index is -3.69. The Labute approximate surface area is 164 Å². The molecule has 0 aliphatic carbocycles. The number of nitrogens with zero attached hydrogens (tertiary/aromatic N) is 1. The summed E-state index contributed by atoms with van der Waals surface area (Å²) in [5.74, 6) is 1.18. The van der Waals surface area contributed by atoms with E-state index in [-0.39, 0.29) is 19.4 Å². The second kappa shape index (κ2) is 7.97. The zero-order valence-electron chi connectivity index (χ0n) is 15.8. The van der Waals surface area contributed by atoms with Gasteiger partial charge in [0.15, 0.2) is 11.5 Å². The lowest BCUT2D eigenvalue weighted by Gasteiger charge is -2.22. The first kappa shape index (κ1) is 19.8. The van der Waals surface area contributed by atoms with E-state index in [2.05, 4.69) is 5.32 Å². The molecule has 0 aromatic heterocycles. The average Bonchev–Trinajstić information content (AvgIpc) is 3.07. The molecule has 1 heterocycles. The maximum atomic E-state index is 12.4. The van der Waals surface area contributed by atoms with Crippen molar-refractivity contribution >= 4 is 27.3 Å². The van der Waals surface area contributed by atoms with Crippen molar-refractivity contribution < 1.29 is 27.4 Å². The number of nitrogens with one attached hydrogen (secondary N) is 1. The molecule has 1 aliphatic rings. The summed E-state index contributed by atoms with van der Waals surface area (Å²) in [6.45, 7) is 3.55. The van der Waals surface area contributed by atoms with Crippen LogP contribution in [-0.2, 0) is 14.8 Å². The summed E-state index contributed by atoms with van der Waals surface area (Å²) in [4.78, 5) is 12.4. The van der Waals surface area contributed by atoms with E-state index in [1.54, 1.807) is 36.4 Å². The van der Waals surface area contributed by atoms with Crippen molar-refractivity contribution in [3.8, 4) is 17.2 Å². The predicted octanol–water partition coefficient (Wildman–Crippen LogP) is 2.61. The fraction of sp³-hybridized carbons (Fsp3) is 0.316. The van der Waals surface area contributed by atoms with Gasteiger partial charge in [0.05, 0.1) is 18.0 Å². The zero-order valence-corrected chi connectivity index (χ0v) is 16.7. The molecule has 1 amide bonds. The smallest absolute Gasteiger partial charge is 0.245 e. The van der Waals surface area contributed by atoms with E-state index in [0.717, 1.165) is 10.6 Å². The third-order valence-corrected chi connectivity index (χ3v) is 4.98. The number of ether oxygens (including phenoxy) is 3. The summed E-state index contributed by atoms with van der Waals surface area (Å²) >= 11 is 0. The van der Waals surface area contributed by atoms with Gasteiger partial charge < -0.3 is 19.5 Å². The molecule has 2 aromatic carbocycles. The largest absolute Gasteiger partial charge is 0.491 e. The summed E-state index contributed by atoms with van der Waals surface area (Å²) in [5.41, 5.74) is 0.864. The van der Waals surface area contributed by atoms with E-state index < -0.39 is 15.9 Å². The van der Waals surface area contributed by atoms with E-state index in [1.807, 2.05) is 13.8 Å². The zero-order chi connectivity index (χ0) is 20.3. The van der Waals surface area contributed by atoms with Crippen molar-refractivity contribution in [3.05, 3.63) is 42.5 Å². The van der Waals surface area contributed by atoms with Crippen LogP contribution in [0.25, 0.3) is 0 Å². The van der Waals surface area contributed by atoms with Crippen LogP contribution >= 0.6 is 0 Å². The summed E-state index contributed by atoms with van der Waals surface area (Å²) in [6, 6.07) is 11.6. The van der Waals surface area contributed by atoms with Crippen molar-refractivity contribution in [2.24, 2.45) is 0 Å². The Morgan fingerprint density at radius 1 is 1.14 bits per heavy atom. The highest BCUT2D eigenvalue weighted by Gasteiger charge is 2.23. The molecule has 0 unspecified atom stereocenters. The lowest BCUT2D eigenvalue weighted by Crippen LogP contribution is -2.37. The number of benzene rings is 2. The number of carbonyl (C=O) groups is 1. The van der Waals surface area contributed by atoms with Gasteiger partial charge in [-0.2, -0.15) is 0 Å². The Morgan fingerprint density at radius 3 is 2.46 bits per heavy atom. The van der Waals surface area contributed by atoms with E-state index >= 15 is 0 Å². The average molecular weight is 406 g/mol. The molecule has 0 spiro atoms. The fourth-order valence-electron chi connectivity index (χ4n) is 2.66. The van der Waals surface area contributed by atoms with Crippen LogP contribution in [0.15, 0.2) is 42.5 Å². The number of carbonyl (C=O) groups excluding carboxylic acids is 1. The van der Waals surface area contributed by atoms with E-state index in [9.17, 15) is 13.2 Å². The lowest BCUT2D eigenvalue weighted by molar-refractivity contribution is -0.114. The van der Waals surface area contributed by atoms with Gasteiger partial charge in [0.25, 0.3) is 0 Å². The van der Waals surface area contributed by atoms with Gasteiger partial charge >= 0.3 is 0 Å². The maximum Gasteiger partial charge on any atom is 0.245 e. The number of anilines is 2. The fourth-order valence-corrected chi connectivity index (χ4v) is 3.51. The Morgan fingerprint density at radius 2 is 1.82 bits per heavy atom. The molecule has 0 radical (unpaired) electrons. The van der Waals surface area contributed by atoms with Gasteiger partial charge in [0.2, 0.25) is 22.7 Å². The second-order valence-corrected chi connectivity index (χ2v) is 8.45. The first-order valence-electron chi connectivity index (χ1n) is 8.66. The summed E-state index contributed by atoms with van der Waals surface area (Å²) < 4.78 is 41.5. The Balaban J connectivity index is 1.72. The van der Waals surface area contributed by atoms with Gasteiger partial charge in [-0.05, 0) is 50.2 Å². The number of hydrogen-bond donors (Lipinski definition) is 1. The Bertz CT molecular complexity index is 957. The minimum absolute atomic E-state index is 0.0467. The van der Waals surface area contributed by atoms with Crippen LogP contribution in [-0.4, -0.2) is 40.0 Å². The molecule has 2 aromatic rings. The van der Waals surface area contributed by atoms with Crippen molar-refractivity contribution in [3.63, 3.8) is 0 Å². The van der Waals surface area contributed by atoms with Crippen molar-refractivity contribution in [1.82, 2.24) is 0 Å². The van der Waals surface area contributed by atoms with Crippen molar-refractivity contribution in [2.75, 3.05) is 29.2 Å². The molecule has 0 bridgehead atoms. The topological polar surface area (TPSA) is 94.2 Å². The summed E-state index contributed by atoms with van der Waals surface area (Å²) in [7, 11) is -3.69. The summed E-state index contributed by atoms with van der Waals surface area (Å²) in [5, 5.41) is 2.69. The lowest BCUT2D eigenvalue weighted by atomic mass is 10.2. The molecule has 150 valence electrons. The molecule has 0 fully saturated rings. The first-order chi connectivity index (χ1) is 13.2. The molecule has 0 saturated heterocycles. The molecule has 0 atom stereocenters. The number of sulfonamides is 1. The number of amides is 1. The van der Waals surface area contributed by atoms with Gasteiger partial charge in [0.1, 0.15) is 12.3 Å². The first-order valence-corrected chi connectivity index (χ1v) is 10.5. The van der Waals surface area contributed by atoms with Crippen LogP contribution in [0.2, 0.25) is 0 Å². The number of rotatable bonds is 7. The highest BCUT2D eigenvalue weighted by molar-refractivity contribution is 7.92. The minimum Gasteiger partial charge on any atom is -0.491 e. The highest BCUT2D eigenvalue weighted by Crippen LogP contribution is 2.36. The van der Waals surface area contributed by atoms with Crippen LogP contribution < -0.4 is 23.8 Å². The standard InChI is InChI=1S/C19H22N2O6S/c1-13(2)27-16-7-4-14(5-8-16)20-19(22)11-21(28(3,23)24)15-6-9-17-18(10-15)26-12-25-17/h4-10,13H,11-12H2,1-3H3,(H,20,22). The Hall–Kier alpha value is -2.94. The third-order valence-electron chi connectivity index (χ3n) is 3.84. The van der Waals surface area contributed by atoms with Gasteiger partial charge in [0, 0.05) is 11.8 Å². The number of fused-ring (bicyclic) bond motifs is 1. The Kier molecular flexibility index (Phi) is 5.64. The van der Waals surface area contributed by atoms with Gasteiger partial charge in [-0.15, -0.1) is 0 Å². The molecule has 28 heavy (non-hydrogen) atoms. The third kappa shape index (κ3) is 4.86. The second-order valence-electron chi connectivity index (χ2n) is 6.55. The maximum absolute atomic E-state index is 12.4. The highest BCUT2D eigenvalue weighted by atomic mass is 32.2. The summed E-state index contributed by atoms with van der Waals surface area (Å²) in [6.07, 6.45) is 1.09. The van der Waals surface area contributed by atoms with Crippen LogP contribution in [0.1, 0.15) is 13.8 Å². The van der Waals surface area contributed by atoms with E-state index in [4.69, 9.17) is 14.2 Å². The van der Waals surface area contributed by atoms with Gasteiger partial charge in [-0.3, -0.25) is 9.10 Å². The normalized spacial score (nSPS) is 12.7. The van der Waals surface area contributed by atoms with Crippen LogP contribution in [0.4, 0.5) is 11.4 Å². The van der Waals surface area contributed by atoms with Crippen molar-refractivity contribution in [2.45, 2.75) is 20.0 Å². The van der Waals surface area contributed by atoms with E-state index in [1.165, 1.54) is 6.07 Å². The molecule has 3 rings (SSSR count). The van der Waals surface area contributed by atoms with Crippen LogP contribution in [0, 0.1) is 0 Å². The molecule has 0 saturated carbocycles. The quantitative estimate of drug-likeness (QED) is 0.760. The number of hydrogen-bond acceptors (Lipinski definition) is 6. The molecule has 1 N–H and O–H groups in total. The van der Waals surface area contributed by atoms with Gasteiger partial charge in [-0.25, -0.2) is 8.42 Å². The monoisotopic (exact) mass is 406 g/mol. The van der Waals surface area contributed by atoms with Crippen molar-refractivity contribution in [1.29, 1.82) is 0 Å². The van der Waals surface area contributed by atoms with E-state index in [0.29, 0.717) is 28.6 Å². The molecular weight excluding hydrogens is 384 g/mol.